The maximum Gasteiger partial charge on any atom is 0.326 e. The molecular formula is C31H30N4O2. The van der Waals surface area contributed by atoms with Crippen LogP contribution >= 0.6 is 0 Å². The Morgan fingerprint density at radius 1 is 0.973 bits per heavy atom. The quantitative estimate of drug-likeness (QED) is 0.334. The number of urea groups is 1. The lowest BCUT2D eigenvalue weighted by Gasteiger charge is -2.35. The number of aryl methyl sites for hydroxylation is 4. The van der Waals surface area contributed by atoms with E-state index in [9.17, 15) is 4.79 Å². The molecule has 2 aliphatic rings. The van der Waals surface area contributed by atoms with E-state index in [1.807, 2.05) is 37.3 Å². The Morgan fingerprint density at radius 3 is 2.49 bits per heavy atom. The number of carbonyl (C=O) groups is 1. The van der Waals surface area contributed by atoms with Crippen molar-refractivity contribution in [3.05, 3.63) is 106 Å². The van der Waals surface area contributed by atoms with Crippen LogP contribution < -0.4 is 10.2 Å². The van der Waals surface area contributed by atoms with E-state index in [0.717, 1.165) is 59.3 Å². The van der Waals surface area contributed by atoms with E-state index in [0.29, 0.717) is 11.7 Å². The van der Waals surface area contributed by atoms with Crippen LogP contribution in [0.1, 0.15) is 60.0 Å². The number of allylic oxidation sites excluding steroid dienone is 1. The molecule has 6 heteroatoms. The number of aromatic nitrogens is 2. The number of fused-ring (bicyclic) bond motifs is 1. The number of amides is 2. The number of rotatable bonds is 5. The van der Waals surface area contributed by atoms with E-state index < -0.39 is 6.04 Å². The number of benzene rings is 3. The first-order valence-corrected chi connectivity index (χ1v) is 12.9. The molecule has 0 bridgehead atoms. The average molecular weight is 491 g/mol. The summed E-state index contributed by atoms with van der Waals surface area (Å²) in [5.74, 6) is 0.936. The Bertz CT molecular complexity index is 1500. The van der Waals surface area contributed by atoms with E-state index >= 15 is 0 Å². The molecule has 3 aromatic carbocycles. The summed E-state index contributed by atoms with van der Waals surface area (Å²) < 4.78 is 5.86. The normalized spacial score (nSPS) is 17.2. The zero-order chi connectivity index (χ0) is 25.5. The summed E-state index contributed by atoms with van der Waals surface area (Å²) in [7, 11) is 0. The molecule has 0 saturated heterocycles. The number of nitrogens with one attached hydrogen (secondary N) is 1. The van der Waals surface area contributed by atoms with E-state index in [1.54, 1.807) is 4.90 Å². The third-order valence-electron chi connectivity index (χ3n) is 7.51. The summed E-state index contributed by atoms with van der Waals surface area (Å²) in [6.45, 7) is 6.14. The Morgan fingerprint density at radius 2 is 1.73 bits per heavy atom. The molecule has 186 valence electrons. The summed E-state index contributed by atoms with van der Waals surface area (Å²) >= 11 is 0. The predicted octanol–water partition coefficient (Wildman–Crippen LogP) is 6.80. The van der Waals surface area contributed by atoms with Crippen LogP contribution in [0.4, 0.5) is 10.5 Å². The maximum absolute atomic E-state index is 13.5. The molecule has 6 nitrogen and oxygen atoms in total. The van der Waals surface area contributed by atoms with E-state index in [-0.39, 0.29) is 6.03 Å². The molecule has 0 radical (unpaired) electrons. The molecule has 0 saturated carbocycles. The first kappa shape index (κ1) is 23.2. The lowest BCUT2D eigenvalue weighted by Crippen LogP contribution is -2.46. The summed E-state index contributed by atoms with van der Waals surface area (Å²) in [6.07, 6.45) is 4.27. The number of anilines is 1. The lowest BCUT2D eigenvalue weighted by molar-refractivity contribution is 0.244. The highest BCUT2D eigenvalue weighted by Gasteiger charge is 2.36. The molecule has 4 aromatic rings. The minimum atomic E-state index is -0.408. The number of carbonyl (C=O) groups excluding carboxylic acids is 1. The average Bonchev–Trinajstić information content (AvgIpc) is 3.59. The highest BCUT2D eigenvalue weighted by atomic mass is 16.5. The fraction of sp³-hybridized carbons (Fsp3) is 0.258. The molecular weight excluding hydrogens is 460 g/mol. The first-order valence-electron chi connectivity index (χ1n) is 12.9. The van der Waals surface area contributed by atoms with Gasteiger partial charge < -0.3 is 9.84 Å². The van der Waals surface area contributed by atoms with E-state index in [2.05, 4.69) is 60.7 Å². The zero-order valence-electron chi connectivity index (χ0n) is 21.4. The van der Waals surface area contributed by atoms with Crippen molar-refractivity contribution in [2.24, 2.45) is 0 Å². The maximum atomic E-state index is 13.5. The molecule has 1 unspecified atom stereocenters. The fourth-order valence-corrected chi connectivity index (χ4v) is 5.38. The van der Waals surface area contributed by atoms with Gasteiger partial charge in [0.15, 0.2) is 0 Å². The van der Waals surface area contributed by atoms with Crippen LogP contribution in [0.5, 0.6) is 0 Å². The monoisotopic (exact) mass is 490 g/mol. The minimum absolute atomic E-state index is 0.167. The van der Waals surface area contributed by atoms with E-state index in [4.69, 9.17) is 9.51 Å². The Balaban J connectivity index is 1.46. The van der Waals surface area contributed by atoms with Gasteiger partial charge in [-0.25, -0.2) is 4.79 Å². The molecule has 2 amide bonds. The molecule has 1 aliphatic carbocycles. The van der Waals surface area contributed by atoms with Gasteiger partial charge in [0.1, 0.15) is 0 Å². The molecule has 37 heavy (non-hydrogen) atoms. The molecule has 1 aliphatic heterocycles. The SMILES string of the molecule is CCc1ccc(-c2noc(C3=C(C)N(c4ccc5c(c4)CCC5)C(=O)NC3c3ccc(C)cc3)n2)cc1. The predicted molar refractivity (Wildman–Crippen MR) is 145 cm³/mol. The smallest absolute Gasteiger partial charge is 0.326 e. The van der Waals surface area contributed by atoms with Gasteiger partial charge in [-0.3, -0.25) is 4.90 Å². The Kier molecular flexibility index (Phi) is 5.87. The molecule has 1 aromatic heterocycles. The third-order valence-corrected chi connectivity index (χ3v) is 7.51. The number of hydrogen-bond donors (Lipinski definition) is 1. The molecule has 6 rings (SSSR count). The second kappa shape index (κ2) is 9.36. The van der Waals surface area contributed by atoms with Gasteiger partial charge in [0.2, 0.25) is 5.82 Å². The lowest BCUT2D eigenvalue weighted by atomic mass is 9.93. The van der Waals surface area contributed by atoms with Crippen LogP contribution in [0, 0.1) is 6.92 Å². The van der Waals surface area contributed by atoms with Gasteiger partial charge in [0, 0.05) is 11.3 Å². The van der Waals surface area contributed by atoms with Crippen LogP contribution in [-0.2, 0) is 19.3 Å². The van der Waals surface area contributed by atoms with Crippen molar-refractivity contribution in [1.82, 2.24) is 15.5 Å². The number of hydrogen-bond acceptors (Lipinski definition) is 4. The minimum Gasteiger partial charge on any atom is -0.334 e. The van der Waals surface area contributed by atoms with Gasteiger partial charge in [-0.2, -0.15) is 4.98 Å². The summed E-state index contributed by atoms with van der Waals surface area (Å²) in [5, 5.41) is 7.52. The first-order chi connectivity index (χ1) is 18.0. The molecule has 0 spiro atoms. The van der Waals surface area contributed by atoms with Gasteiger partial charge in [-0.1, -0.05) is 72.2 Å². The largest absolute Gasteiger partial charge is 0.334 e. The second-order valence-electron chi connectivity index (χ2n) is 9.91. The van der Waals surface area contributed by atoms with Gasteiger partial charge in [0.05, 0.1) is 17.3 Å². The standard InChI is InChI=1S/C31H30N4O2/c1-4-21-10-14-24(15-11-21)29-33-30(37-34-29)27-20(3)35(26-17-16-22-6-5-7-25(22)18-26)31(36)32-28(27)23-12-8-19(2)9-13-23/h8-18,28H,4-7H2,1-3H3,(H,32,36). The van der Waals surface area contributed by atoms with Crippen molar-refractivity contribution in [2.45, 2.75) is 52.5 Å². The van der Waals surface area contributed by atoms with Gasteiger partial charge >= 0.3 is 6.03 Å². The van der Waals surface area contributed by atoms with Crippen LogP contribution in [0.2, 0.25) is 0 Å². The number of nitrogens with zero attached hydrogens (tertiary/aromatic N) is 3. The van der Waals surface area contributed by atoms with Gasteiger partial charge in [-0.15, -0.1) is 0 Å². The van der Waals surface area contributed by atoms with Crippen LogP contribution in [0.25, 0.3) is 17.0 Å². The Labute approximate surface area is 217 Å². The Hall–Kier alpha value is -4.19. The van der Waals surface area contributed by atoms with Gasteiger partial charge in [0.25, 0.3) is 5.89 Å². The van der Waals surface area contributed by atoms with Crippen LogP contribution in [0.3, 0.4) is 0 Å². The topological polar surface area (TPSA) is 71.3 Å². The van der Waals surface area contributed by atoms with Crippen molar-refractivity contribution in [3.63, 3.8) is 0 Å². The third kappa shape index (κ3) is 4.22. The van der Waals surface area contributed by atoms with Crippen molar-refractivity contribution in [3.8, 4) is 11.4 Å². The molecule has 1 atom stereocenters. The molecule has 1 N–H and O–H groups in total. The highest BCUT2D eigenvalue weighted by molar-refractivity contribution is 6.01. The van der Waals surface area contributed by atoms with Crippen LogP contribution in [-0.4, -0.2) is 16.2 Å². The molecule has 2 heterocycles. The van der Waals surface area contributed by atoms with Crippen molar-refractivity contribution in [2.75, 3.05) is 4.90 Å². The van der Waals surface area contributed by atoms with Crippen molar-refractivity contribution >= 4 is 17.3 Å². The van der Waals surface area contributed by atoms with Gasteiger partial charge in [-0.05, 0) is 73.9 Å². The van der Waals surface area contributed by atoms with Crippen molar-refractivity contribution in [1.29, 1.82) is 0 Å². The highest BCUT2D eigenvalue weighted by Crippen LogP contribution is 2.40. The fourth-order valence-electron chi connectivity index (χ4n) is 5.38. The summed E-state index contributed by atoms with van der Waals surface area (Å²) in [6, 6.07) is 22.1. The van der Waals surface area contributed by atoms with Crippen LogP contribution in [0.15, 0.2) is 77.0 Å². The van der Waals surface area contributed by atoms with Crippen molar-refractivity contribution < 1.29 is 9.32 Å². The molecule has 0 fully saturated rings. The summed E-state index contributed by atoms with van der Waals surface area (Å²) in [5.41, 5.74) is 9.39. The second-order valence-corrected chi connectivity index (χ2v) is 9.91. The zero-order valence-corrected chi connectivity index (χ0v) is 21.4. The summed E-state index contributed by atoms with van der Waals surface area (Å²) in [4.78, 5) is 20.1. The van der Waals surface area contributed by atoms with E-state index in [1.165, 1.54) is 16.7 Å².